The topological polar surface area (TPSA) is 65.9 Å². The number of benzene rings is 1. The van der Waals surface area contributed by atoms with E-state index in [4.69, 9.17) is 0 Å². The van der Waals surface area contributed by atoms with E-state index < -0.39 is 17.6 Å². The number of hydrogen-bond acceptors (Lipinski definition) is 5. The van der Waals surface area contributed by atoms with Crippen LogP contribution in [0, 0.1) is 11.9 Å². The number of H-pyrrole nitrogens is 1. The lowest BCUT2D eigenvalue weighted by atomic mass is 9.97. The van der Waals surface area contributed by atoms with E-state index in [0.717, 1.165) is 67.4 Å². The quantitative estimate of drug-likeness (QED) is 0.415. The van der Waals surface area contributed by atoms with Crippen LogP contribution in [0.3, 0.4) is 0 Å². The minimum atomic E-state index is -4.68. The van der Waals surface area contributed by atoms with E-state index in [1.165, 1.54) is 24.5 Å². The van der Waals surface area contributed by atoms with Crippen molar-refractivity contribution in [3.8, 4) is 11.3 Å². The molecule has 0 unspecified atom stereocenters. The van der Waals surface area contributed by atoms with Crippen molar-refractivity contribution in [1.82, 2.24) is 34.5 Å². The molecule has 1 aromatic carbocycles. The average molecular weight is 499 g/mol. The number of rotatable bonds is 5. The maximum atomic E-state index is 14.4. The van der Waals surface area contributed by atoms with Gasteiger partial charge in [0.05, 0.1) is 17.5 Å². The molecule has 4 aromatic rings. The summed E-state index contributed by atoms with van der Waals surface area (Å²) < 4.78 is 55.3. The van der Waals surface area contributed by atoms with Crippen molar-refractivity contribution in [2.45, 2.75) is 31.6 Å². The second kappa shape index (κ2) is 8.97. The summed E-state index contributed by atoms with van der Waals surface area (Å²) in [6, 6.07) is 7.06. The molecule has 1 radical (unpaired) electrons. The van der Waals surface area contributed by atoms with Gasteiger partial charge < -0.3 is 4.98 Å². The van der Waals surface area contributed by atoms with Gasteiger partial charge in [-0.25, -0.2) is 14.4 Å². The van der Waals surface area contributed by atoms with Crippen molar-refractivity contribution >= 4 is 11.0 Å². The van der Waals surface area contributed by atoms with Crippen molar-refractivity contribution in [3.63, 3.8) is 0 Å². The van der Waals surface area contributed by atoms with E-state index in [1.807, 2.05) is 34.2 Å². The lowest BCUT2D eigenvalue weighted by molar-refractivity contribution is -0.140. The Kier molecular flexibility index (Phi) is 5.76. The van der Waals surface area contributed by atoms with Gasteiger partial charge in [0.25, 0.3) is 0 Å². The second-order valence-corrected chi connectivity index (χ2v) is 9.39. The van der Waals surface area contributed by atoms with Gasteiger partial charge in [0.15, 0.2) is 0 Å². The smallest absolute Gasteiger partial charge is 0.346 e. The largest absolute Gasteiger partial charge is 0.419 e. The molecule has 3 aromatic heterocycles. The molecule has 0 aliphatic carbocycles. The molecule has 36 heavy (non-hydrogen) atoms. The second-order valence-electron chi connectivity index (χ2n) is 9.39. The third-order valence-corrected chi connectivity index (χ3v) is 7.16. The molecule has 2 saturated heterocycles. The number of alkyl halides is 3. The summed E-state index contributed by atoms with van der Waals surface area (Å²) in [6.45, 7) is 3.26. The predicted octanol–water partition coefficient (Wildman–Crippen LogP) is 4.34. The van der Waals surface area contributed by atoms with Gasteiger partial charge in [-0.05, 0) is 38.1 Å². The van der Waals surface area contributed by atoms with Crippen molar-refractivity contribution in [1.29, 1.82) is 0 Å². The number of fused-ring (bicyclic) bond motifs is 1. The van der Waals surface area contributed by atoms with Crippen LogP contribution in [0.2, 0.25) is 0 Å². The minimum absolute atomic E-state index is 0.0953. The molecule has 6 rings (SSSR count). The highest BCUT2D eigenvalue weighted by atomic mass is 19.4. The number of nitrogens with one attached hydrogen (secondary N) is 1. The standard InChI is InChI=1S/C25H24F4N7/c26-22-16(2-1-3-21(22)25(27,28)29)11-34-8-5-18(6-9-34)35-13-19(14-35)36-12-17(10-33-36)23-20-4-7-30-24(20)32-15-31-23/h1-4,7,10,12,15,18H,5-6,8-9,11,13-14H2,(H,30,31,32). The molecular weight excluding hydrogens is 474 g/mol. The Hall–Kier alpha value is -3.31. The van der Waals surface area contributed by atoms with Crippen LogP contribution in [-0.4, -0.2) is 66.8 Å². The van der Waals surface area contributed by atoms with Gasteiger partial charge in [0.2, 0.25) is 0 Å². The predicted molar refractivity (Wildman–Crippen MR) is 125 cm³/mol. The van der Waals surface area contributed by atoms with Crippen molar-refractivity contribution in [2.24, 2.45) is 0 Å². The highest BCUT2D eigenvalue weighted by Crippen LogP contribution is 2.34. The Balaban J connectivity index is 1.03. The number of likely N-dealkylation sites (tertiary alicyclic amines) is 2. The molecule has 0 atom stereocenters. The summed E-state index contributed by atoms with van der Waals surface area (Å²) in [5, 5.41) is 5.49. The number of halogens is 4. The summed E-state index contributed by atoms with van der Waals surface area (Å²) >= 11 is 0. The number of nitrogens with zero attached hydrogens (tertiary/aromatic N) is 6. The van der Waals surface area contributed by atoms with Crippen LogP contribution < -0.4 is 0 Å². The highest BCUT2D eigenvalue weighted by molar-refractivity contribution is 5.90. The van der Waals surface area contributed by atoms with Gasteiger partial charge in [0, 0.05) is 54.6 Å². The molecule has 2 fully saturated rings. The van der Waals surface area contributed by atoms with Gasteiger partial charge in [-0.15, -0.1) is 0 Å². The van der Waals surface area contributed by atoms with Crippen LogP contribution >= 0.6 is 0 Å². The van der Waals surface area contributed by atoms with E-state index in [-0.39, 0.29) is 12.1 Å². The molecule has 187 valence electrons. The van der Waals surface area contributed by atoms with E-state index in [0.29, 0.717) is 6.04 Å². The molecule has 0 bridgehead atoms. The van der Waals surface area contributed by atoms with Crippen LogP contribution in [0.1, 0.15) is 24.0 Å². The van der Waals surface area contributed by atoms with E-state index in [9.17, 15) is 17.6 Å². The summed E-state index contributed by atoms with van der Waals surface area (Å²) in [7, 11) is 0. The number of aromatic nitrogens is 5. The van der Waals surface area contributed by atoms with Crippen LogP contribution in [0.4, 0.5) is 17.6 Å². The normalized spacial score (nSPS) is 18.7. The number of hydrogen-bond donors (Lipinski definition) is 1. The molecule has 0 amide bonds. The Bertz CT molecular complexity index is 1360. The summed E-state index contributed by atoms with van der Waals surface area (Å²) in [5.41, 5.74) is 1.46. The Morgan fingerprint density at radius 2 is 1.86 bits per heavy atom. The molecule has 0 saturated carbocycles. The van der Waals surface area contributed by atoms with E-state index in [2.05, 4.69) is 25.0 Å². The zero-order chi connectivity index (χ0) is 24.9. The SMILES string of the molecule is Fc1c(CN2CCC(N3C[C](n4cc(-c5ncnc6[nH]ccc56)cn4)C3)CC2)cccc1C(F)(F)F. The highest BCUT2D eigenvalue weighted by Gasteiger charge is 2.37. The molecule has 1 N–H and O–H groups in total. The Labute approximate surface area is 204 Å². The van der Waals surface area contributed by atoms with Crippen LogP contribution in [0.15, 0.2) is 49.2 Å². The van der Waals surface area contributed by atoms with Gasteiger partial charge in [-0.2, -0.15) is 18.3 Å². The van der Waals surface area contributed by atoms with Crippen LogP contribution in [0.25, 0.3) is 22.3 Å². The van der Waals surface area contributed by atoms with Gasteiger partial charge >= 0.3 is 6.18 Å². The fourth-order valence-corrected chi connectivity index (χ4v) is 5.15. The maximum Gasteiger partial charge on any atom is 0.419 e. The first kappa shape index (κ1) is 23.1. The third-order valence-electron chi connectivity index (χ3n) is 7.16. The summed E-state index contributed by atoms with van der Waals surface area (Å²) in [4.78, 5) is 16.2. The molecule has 7 nitrogen and oxygen atoms in total. The van der Waals surface area contributed by atoms with Crippen LogP contribution in [-0.2, 0) is 12.7 Å². The Morgan fingerprint density at radius 1 is 1.06 bits per heavy atom. The Morgan fingerprint density at radius 3 is 2.64 bits per heavy atom. The summed E-state index contributed by atoms with van der Waals surface area (Å²) in [5.74, 6) is -1.16. The van der Waals surface area contributed by atoms with Crippen molar-refractivity contribution in [3.05, 3.63) is 72.2 Å². The molecular formula is C25H24F4N7. The molecule has 2 aliphatic rings. The molecule has 0 spiro atoms. The number of aromatic amines is 1. The molecule has 5 heterocycles. The maximum absolute atomic E-state index is 14.4. The minimum Gasteiger partial charge on any atom is -0.346 e. The third kappa shape index (κ3) is 4.26. The first-order valence-corrected chi connectivity index (χ1v) is 11.9. The summed E-state index contributed by atoms with van der Waals surface area (Å²) in [6.07, 6.45) is 4.29. The molecule has 2 aliphatic heterocycles. The van der Waals surface area contributed by atoms with Crippen molar-refractivity contribution in [2.75, 3.05) is 26.2 Å². The lowest BCUT2D eigenvalue weighted by Gasteiger charge is -2.46. The van der Waals surface area contributed by atoms with Gasteiger partial charge in [0.1, 0.15) is 23.8 Å². The van der Waals surface area contributed by atoms with Gasteiger partial charge in [-0.1, -0.05) is 12.1 Å². The fourth-order valence-electron chi connectivity index (χ4n) is 5.15. The molecule has 11 heteroatoms. The van der Waals surface area contributed by atoms with E-state index in [1.54, 1.807) is 0 Å². The van der Waals surface area contributed by atoms with Crippen LogP contribution in [0.5, 0.6) is 0 Å². The van der Waals surface area contributed by atoms with Gasteiger partial charge in [-0.3, -0.25) is 14.5 Å². The zero-order valence-corrected chi connectivity index (χ0v) is 19.3. The monoisotopic (exact) mass is 498 g/mol. The average Bonchev–Trinajstić information content (AvgIpc) is 3.50. The van der Waals surface area contributed by atoms with E-state index >= 15 is 0 Å². The van der Waals surface area contributed by atoms with Crippen molar-refractivity contribution < 1.29 is 17.6 Å². The first-order valence-electron chi connectivity index (χ1n) is 11.9. The zero-order valence-electron chi connectivity index (χ0n) is 19.3. The lowest BCUT2D eigenvalue weighted by Crippen LogP contribution is -2.56. The number of piperidine rings is 1. The fraction of sp³-hybridized carbons (Fsp3) is 0.360. The first-order chi connectivity index (χ1) is 17.4.